The molecule has 2 atom stereocenters. The van der Waals surface area contributed by atoms with E-state index in [0.717, 1.165) is 51.1 Å². The number of aromatic nitrogens is 2. The van der Waals surface area contributed by atoms with Crippen molar-refractivity contribution in [2.75, 3.05) is 32.7 Å². The molecule has 29 heavy (non-hydrogen) atoms. The van der Waals surface area contributed by atoms with Gasteiger partial charge < -0.3 is 4.90 Å². The van der Waals surface area contributed by atoms with E-state index in [0.29, 0.717) is 5.92 Å². The normalized spacial score (nSPS) is 25.4. The first kappa shape index (κ1) is 20.3. The number of aryl methyl sites for hydroxylation is 1. The van der Waals surface area contributed by atoms with Crippen LogP contribution in [0.2, 0.25) is 0 Å². The van der Waals surface area contributed by atoms with Gasteiger partial charge in [-0.05, 0) is 24.3 Å². The topological polar surface area (TPSA) is 32.3 Å². The molecule has 1 aromatic heterocycles. The minimum absolute atomic E-state index is 0.0527. The lowest BCUT2D eigenvalue weighted by Crippen LogP contribution is -2.35. The zero-order valence-electron chi connectivity index (χ0n) is 16.5. The van der Waals surface area contributed by atoms with E-state index >= 15 is 0 Å². The molecular weight excluding hydrogens is 377 g/mol. The summed E-state index contributed by atoms with van der Waals surface area (Å²) in [6.45, 7) is 4.26. The van der Waals surface area contributed by atoms with Crippen molar-refractivity contribution >= 4 is 0 Å². The summed E-state index contributed by atoms with van der Waals surface area (Å²) in [6.07, 6.45) is 2.37. The van der Waals surface area contributed by atoms with Gasteiger partial charge in [-0.15, -0.1) is 0 Å². The predicted molar refractivity (Wildman–Crippen MR) is 105 cm³/mol. The number of benzene rings is 1. The number of halogens is 3. The Morgan fingerprint density at radius 1 is 0.966 bits per heavy atom. The maximum absolute atomic E-state index is 12.7. The first-order valence-corrected chi connectivity index (χ1v) is 10.2. The minimum Gasteiger partial charge on any atom is -0.302 e. The summed E-state index contributed by atoms with van der Waals surface area (Å²) in [7, 11) is 0. The third-order valence-corrected chi connectivity index (χ3v) is 6.39. The second kappa shape index (κ2) is 8.40. The van der Waals surface area contributed by atoms with Crippen LogP contribution in [-0.4, -0.2) is 58.7 Å². The van der Waals surface area contributed by atoms with Gasteiger partial charge >= 0.3 is 6.18 Å². The van der Waals surface area contributed by atoms with Crippen LogP contribution in [-0.2, 0) is 13.0 Å². The van der Waals surface area contributed by atoms with Crippen LogP contribution in [0.3, 0.4) is 0 Å². The average molecular weight is 404 g/mol. The maximum Gasteiger partial charge on any atom is 0.390 e. The van der Waals surface area contributed by atoms with Crippen LogP contribution in [0.4, 0.5) is 13.2 Å². The molecule has 2 aliphatic heterocycles. The number of rotatable bonds is 7. The Bertz CT molecular complexity index is 784. The van der Waals surface area contributed by atoms with E-state index in [9.17, 15) is 13.2 Å². The number of hydrogen-bond donors (Lipinski definition) is 0. The molecule has 2 aliphatic rings. The van der Waals surface area contributed by atoms with Crippen molar-refractivity contribution in [3.8, 4) is 0 Å². The summed E-state index contributed by atoms with van der Waals surface area (Å²) in [6, 6.07) is 10.4. The van der Waals surface area contributed by atoms with Crippen LogP contribution in [0, 0.1) is 11.3 Å². The zero-order valence-corrected chi connectivity index (χ0v) is 16.5. The summed E-state index contributed by atoms with van der Waals surface area (Å²) >= 11 is 0. The smallest absolute Gasteiger partial charge is 0.302 e. The molecule has 7 heteroatoms. The van der Waals surface area contributed by atoms with Crippen molar-refractivity contribution in [1.29, 1.82) is 0 Å². The molecule has 0 radical (unpaired) electrons. The van der Waals surface area contributed by atoms with Gasteiger partial charge in [0.2, 0.25) is 0 Å². The van der Waals surface area contributed by atoms with E-state index in [-0.39, 0.29) is 12.0 Å². The van der Waals surface area contributed by atoms with Gasteiger partial charge in [-0.2, -0.15) is 13.2 Å². The largest absolute Gasteiger partial charge is 0.390 e. The summed E-state index contributed by atoms with van der Waals surface area (Å²) in [4.78, 5) is 12.7. The summed E-state index contributed by atoms with van der Waals surface area (Å²) in [5, 5.41) is 0. The highest BCUT2D eigenvalue weighted by Crippen LogP contribution is 2.46. The molecule has 0 aliphatic carbocycles. The van der Waals surface area contributed by atoms with Crippen molar-refractivity contribution < 1.29 is 13.2 Å². The number of alkyl halides is 3. The minimum atomic E-state index is -4.09. The van der Waals surface area contributed by atoms with E-state index in [2.05, 4.69) is 27.0 Å². The third kappa shape index (κ3) is 5.14. The highest BCUT2D eigenvalue weighted by atomic mass is 19.4. The van der Waals surface area contributed by atoms with Crippen molar-refractivity contribution in [1.82, 2.24) is 19.8 Å². The van der Waals surface area contributed by atoms with Gasteiger partial charge in [-0.3, -0.25) is 4.90 Å². The van der Waals surface area contributed by atoms with Gasteiger partial charge in [0, 0.05) is 62.6 Å². The first-order chi connectivity index (χ1) is 13.9. The van der Waals surface area contributed by atoms with Crippen LogP contribution in [0.15, 0.2) is 49.1 Å². The molecule has 0 spiro atoms. The van der Waals surface area contributed by atoms with Gasteiger partial charge in [-0.1, -0.05) is 30.3 Å². The molecule has 2 unspecified atom stereocenters. The van der Waals surface area contributed by atoms with Crippen molar-refractivity contribution in [2.45, 2.75) is 32.0 Å². The Kier molecular flexibility index (Phi) is 5.88. The van der Waals surface area contributed by atoms with Crippen LogP contribution < -0.4 is 0 Å². The molecule has 0 saturated carbocycles. The van der Waals surface area contributed by atoms with Gasteiger partial charge in [0.25, 0.3) is 0 Å². The molecule has 1 aromatic carbocycles. The van der Waals surface area contributed by atoms with Gasteiger partial charge in [-0.25, -0.2) is 9.97 Å². The Morgan fingerprint density at radius 3 is 2.38 bits per heavy atom. The number of hydrogen-bond acceptors (Lipinski definition) is 4. The van der Waals surface area contributed by atoms with E-state index < -0.39 is 12.6 Å². The number of likely N-dealkylation sites (tertiary alicyclic amines) is 2. The van der Waals surface area contributed by atoms with Crippen LogP contribution in [0.5, 0.6) is 0 Å². The molecule has 3 heterocycles. The van der Waals surface area contributed by atoms with Gasteiger partial charge in [0.1, 0.15) is 6.33 Å². The predicted octanol–water partition coefficient (Wildman–Crippen LogP) is 3.80. The molecule has 156 valence electrons. The quantitative estimate of drug-likeness (QED) is 0.703. The van der Waals surface area contributed by atoms with Crippen LogP contribution >= 0.6 is 0 Å². The van der Waals surface area contributed by atoms with Crippen molar-refractivity contribution in [3.63, 3.8) is 0 Å². The van der Waals surface area contributed by atoms with E-state index in [1.165, 1.54) is 11.9 Å². The zero-order chi connectivity index (χ0) is 20.3. The molecule has 2 aromatic rings. The first-order valence-electron chi connectivity index (χ1n) is 10.2. The monoisotopic (exact) mass is 404 g/mol. The molecule has 2 fully saturated rings. The average Bonchev–Trinajstić information content (AvgIpc) is 3.19. The fraction of sp³-hybridized carbons (Fsp3) is 0.545. The summed E-state index contributed by atoms with van der Waals surface area (Å²) in [5.74, 6) is 0.407. The maximum atomic E-state index is 12.7. The highest BCUT2D eigenvalue weighted by Gasteiger charge is 2.51. The van der Waals surface area contributed by atoms with Crippen molar-refractivity contribution in [3.05, 3.63) is 60.2 Å². The Morgan fingerprint density at radius 2 is 1.66 bits per heavy atom. The third-order valence-electron chi connectivity index (χ3n) is 6.39. The molecular formula is C22H27F3N4. The molecule has 2 saturated heterocycles. The van der Waals surface area contributed by atoms with Crippen molar-refractivity contribution in [2.24, 2.45) is 11.3 Å². The Balaban J connectivity index is 1.44. The summed E-state index contributed by atoms with van der Waals surface area (Å²) in [5.41, 5.74) is 2.43. The fourth-order valence-corrected chi connectivity index (χ4v) is 5.04. The van der Waals surface area contributed by atoms with E-state index in [4.69, 9.17) is 0 Å². The van der Waals surface area contributed by atoms with Crippen LogP contribution in [0.25, 0.3) is 0 Å². The second-order valence-electron chi connectivity index (χ2n) is 8.56. The van der Waals surface area contributed by atoms with E-state index in [1.54, 1.807) is 0 Å². The molecule has 0 amide bonds. The Labute approximate surface area is 169 Å². The highest BCUT2D eigenvalue weighted by molar-refractivity contribution is 5.16. The summed E-state index contributed by atoms with van der Waals surface area (Å²) < 4.78 is 38.2. The standard InChI is InChI=1S/C22H27F3N4/c23-22(24,25)8-9-28-13-20-14-29(12-19-10-26-17-27-11-19)16-21(20,15-28)7-6-18-4-2-1-3-5-18/h1-5,10-11,17,20H,6-9,12-16H2. The lowest BCUT2D eigenvalue weighted by molar-refractivity contribution is -0.137. The molecule has 4 rings (SSSR count). The fourth-order valence-electron chi connectivity index (χ4n) is 5.04. The molecule has 0 bridgehead atoms. The molecule has 0 N–H and O–H groups in total. The van der Waals surface area contributed by atoms with Gasteiger partial charge in [0.05, 0.1) is 6.42 Å². The second-order valence-corrected chi connectivity index (χ2v) is 8.56. The number of nitrogens with zero attached hydrogens (tertiary/aromatic N) is 4. The van der Waals surface area contributed by atoms with Crippen LogP contribution in [0.1, 0.15) is 24.0 Å². The number of fused-ring (bicyclic) bond motifs is 1. The lowest BCUT2D eigenvalue weighted by atomic mass is 9.76. The SMILES string of the molecule is FC(F)(F)CCN1CC2CN(Cc3cncnc3)CC2(CCc2ccccc2)C1. The Hall–Kier alpha value is -1.99. The van der Waals surface area contributed by atoms with Gasteiger partial charge in [0.15, 0.2) is 0 Å². The molecule has 4 nitrogen and oxygen atoms in total. The lowest BCUT2D eigenvalue weighted by Gasteiger charge is -2.30. The van der Waals surface area contributed by atoms with E-state index in [1.807, 2.05) is 35.5 Å².